The van der Waals surface area contributed by atoms with Crippen LogP contribution in [0.25, 0.3) is 10.9 Å². The van der Waals surface area contributed by atoms with E-state index in [0.29, 0.717) is 42.4 Å². The number of hydrogen-bond acceptors (Lipinski definition) is 5. The summed E-state index contributed by atoms with van der Waals surface area (Å²) >= 11 is 0. The smallest absolute Gasteiger partial charge is 0.309 e. The topological polar surface area (TPSA) is 74.7 Å². The summed E-state index contributed by atoms with van der Waals surface area (Å²) in [6.07, 6.45) is 0.177. The molecule has 1 unspecified atom stereocenters. The van der Waals surface area contributed by atoms with Gasteiger partial charge in [-0.25, -0.2) is 22.0 Å². The number of piperidine rings is 1. The van der Waals surface area contributed by atoms with E-state index >= 15 is 4.39 Å². The van der Waals surface area contributed by atoms with Gasteiger partial charge in [-0.15, -0.1) is 0 Å². The first kappa shape index (κ1) is 28.5. The number of likely N-dealkylation sites (tertiary alicyclic amines) is 1. The van der Waals surface area contributed by atoms with Crippen LogP contribution >= 0.6 is 0 Å². The van der Waals surface area contributed by atoms with Crippen molar-refractivity contribution < 1.29 is 36.6 Å². The number of aromatic nitrogens is 1. The van der Waals surface area contributed by atoms with Crippen molar-refractivity contribution in [1.82, 2.24) is 9.88 Å². The molecule has 2 heterocycles. The van der Waals surface area contributed by atoms with Gasteiger partial charge in [-0.1, -0.05) is 0 Å². The average molecular weight is 552 g/mol. The van der Waals surface area contributed by atoms with Gasteiger partial charge in [0.1, 0.15) is 24.4 Å². The van der Waals surface area contributed by atoms with Crippen LogP contribution in [0, 0.1) is 22.9 Å². The second kappa shape index (κ2) is 12.1. The van der Waals surface area contributed by atoms with E-state index in [1.54, 1.807) is 18.2 Å². The highest BCUT2D eigenvalue weighted by Crippen LogP contribution is 2.41. The number of carboxylic acids is 1. The Morgan fingerprint density at radius 2 is 1.95 bits per heavy atom. The van der Waals surface area contributed by atoms with Gasteiger partial charge in [0.25, 0.3) is 0 Å². The Balaban J connectivity index is 1.39. The Labute approximate surface area is 222 Å². The van der Waals surface area contributed by atoms with Crippen molar-refractivity contribution in [3.05, 3.63) is 65.1 Å². The zero-order chi connectivity index (χ0) is 28.2. The van der Waals surface area contributed by atoms with E-state index in [-0.39, 0.29) is 49.0 Å². The largest absolute Gasteiger partial charge is 0.497 e. The Kier molecular flexibility index (Phi) is 8.89. The molecule has 0 saturated carbocycles. The second-order valence-corrected chi connectivity index (χ2v) is 9.82. The number of rotatable bonds is 11. The lowest BCUT2D eigenvalue weighted by Gasteiger charge is -2.39. The van der Waals surface area contributed by atoms with Gasteiger partial charge in [-0.2, -0.15) is 0 Å². The van der Waals surface area contributed by atoms with Gasteiger partial charge in [0.05, 0.1) is 23.7 Å². The molecule has 1 aliphatic heterocycles. The minimum absolute atomic E-state index is 0.0584. The quantitative estimate of drug-likeness (QED) is 0.218. The molecule has 0 bridgehead atoms. The van der Waals surface area contributed by atoms with Crippen LogP contribution in [-0.2, 0) is 11.5 Å². The molecule has 0 aliphatic carbocycles. The van der Waals surface area contributed by atoms with Crippen molar-refractivity contribution in [2.45, 2.75) is 38.5 Å². The van der Waals surface area contributed by atoms with Gasteiger partial charge >= 0.3 is 5.97 Å². The monoisotopic (exact) mass is 551 g/mol. The summed E-state index contributed by atoms with van der Waals surface area (Å²) in [5, 5.41) is 13.2. The number of nitrogens with one attached hydrogen (secondary N) is 1. The molecule has 1 atom stereocenters. The van der Waals surface area contributed by atoms with Crippen molar-refractivity contribution in [2.24, 2.45) is 5.41 Å². The predicted octanol–water partition coefficient (Wildman–Crippen LogP) is 6.20. The van der Waals surface area contributed by atoms with Crippen molar-refractivity contribution in [1.29, 1.82) is 0 Å². The molecule has 0 spiro atoms. The third kappa shape index (κ3) is 6.24. The molecule has 6 nitrogen and oxygen atoms in total. The standard InChI is InChI=1S/C28H30F5N3O3/c1-39-19-2-3-23-20(14-19)25(17(15-29)16-35-23)21(31)4-5-28(27(37)38)6-9-36(10-7-28)11-8-34-24-13-18(30)12-22(32)26(24)33/h2-3,12-14,16,21,34H,4-11,15H2,1H3,(H,37,38). The molecule has 1 saturated heterocycles. The van der Waals surface area contributed by atoms with E-state index in [9.17, 15) is 27.5 Å². The molecule has 2 aromatic carbocycles. The maximum Gasteiger partial charge on any atom is 0.309 e. The van der Waals surface area contributed by atoms with Crippen LogP contribution in [0.1, 0.15) is 43.0 Å². The Morgan fingerprint density at radius 3 is 2.62 bits per heavy atom. The number of benzene rings is 2. The van der Waals surface area contributed by atoms with Crippen LogP contribution in [0.15, 0.2) is 36.5 Å². The number of halogens is 5. The molecular formula is C28H30F5N3O3. The maximum absolute atomic E-state index is 15.7. The van der Waals surface area contributed by atoms with Crippen molar-refractivity contribution in [2.75, 3.05) is 38.6 Å². The van der Waals surface area contributed by atoms with Crippen LogP contribution < -0.4 is 10.1 Å². The van der Waals surface area contributed by atoms with Gasteiger partial charge in [0.15, 0.2) is 11.6 Å². The van der Waals surface area contributed by atoms with Crippen LogP contribution in [-0.4, -0.2) is 54.2 Å². The zero-order valence-electron chi connectivity index (χ0n) is 21.5. The van der Waals surface area contributed by atoms with Crippen molar-refractivity contribution >= 4 is 22.6 Å². The number of alkyl halides is 2. The second-order valence-electron chi connectivity index (χ2n) is 9.82. The summed E-state index contributed by atoms with van der Waals surface area (Å²) in [6.45, 7) is 0.474. The minimum atomic E-state index is -1.60. The summed E-state index contributed by atoms with van der Waals surface area (Å²) < 4.78 is 75.3. The van der Waals surface area contributed by atoms with E-state index < -0.39 is 41.7 Å². The fourth-order valence-electron chi connectivity index (χ4n) is 5.19. The molecule has 0 radical (unpaired) electrons. The average Bonchev–Trinajstić information content (AvgIpc) is 2.93. The van der Waals surface area contributed by atoms with Gasteiger partial charge in [-0.05, 0) is 57.0 Å². The van der Waals surface area contributed by atoms with E-state index in [4.69, 9.17) is 4.74 Å². The number of fused-ring (bicyclic) bond motifs is 1. The third-order valence-corrected chi connectivity index (χ3v) is 7.54. The van der Waals surface area contributed by atoms with Crippen molar-refractivity contribution in [3.8, 4) is 5.75 Å². The molecule has 39 heavy (non-hydrogen) atoms. The van der Waals surface area contributed by atoms with Crippen LogP contribution in [0.5, 0.6) is 5.75 Å². The molecular weight excluding hydrogens is 521 g/mol. The van der Waals surface area contributed by atoms with Crippen molar-refractivity contribution in [3.63, 3.8) is 0 Å². The van der Waals surface area contributed by atoms with E-state index in [1.165, 1.54) is 13.3 Å². The number of carboxylic acid groups (broad SMARTS) is 1. The maximum atomic E-state index is 15.7. The number of nitrogens with zero attached hydrogens (tertiary/aromatic N) is 2. The van der Waals surface area contributed by atoms with Gasteiger partial charge in [0.2, 0.25) is 0 Å². The van der Waals surface area contributed by atoms with Gasteiger partial charge in [0, 0.05) is 47.9 Å². The third-order valence-electron chi connectivity index (χ3n) is 7.54. The van der Waals surface area contributed by atoms with Crippen LogP contribution in [0.3, 0.4) is 0 Å². The molecule has 1 fully saturated rings. The normalized spacial score (nSPS) is 16.3. The molecule has 0 amide bonds. The molecule has 2 N–H and O–H groups in total. The fraction of sp³-hybridized carbons (Fsp3) is 0.429. The Bertz CT molecular complexity index is 1330. The van der Waals surface area contributed by atoms with E-state index in [2.05, 4.69) is 10.3 Å². The summed E-state index contributed by atoms with van der Waals surface area (Å²) in [5.41, 5.74) is -0.674. The number of ether oxygens (including phenoxy) is 1. The first-order chi connectivity index (χ1) is 18.7. The number of anilines is 1. The Hall–Kier alpha value is -3.47. The predicted molar refractivity (Wildman–Crippen MR) is 137 cm³/mol. The molecule has 11 heteroatoms. The van der Waals surface area contributed by atoms with Gasteiger partial charge in [-0.3, -0.25) is 9.78 Å². The summed E-state index contributed by atoms with van der Waals surface area (Å²) in [4.78, 5) is 18.5. The summed E-state index contributed by atoms with van der Waals surface area (Å²) in [5.74, 6) is -3.90. The first-order valence-corrected chi connectivity index (χ1v) is 12.7. The SMILES string of the molecule is COc1ccc2ncc(CF)c(C(F)CCC3(C(=O)O)CCN(CCNc4cc(F)cc(F)c4F)CC3)c2c1. The number of pyridine rings is 1. The highest BCUT2D eigenvalue weighted by molar-refractivity contribution is 5.85. The van der Waals surface area contributed by atoms with Crippen LogP contribution in [0.4, 0.5) is 27.6 Å². The summed E-state index contributed by atoms with van der Waals surface area (Å²) in [7, 11) is 1.47. The highest BCUT2D eigenvalue weighted by Gasteiger charge is 2.41. The minimum Gasteiger partial charge on any atom is -0.497 e. The highest BCUT2D eigenvalue weighted by atomic mass is 19.2. The first-order valence-electron chi connectivity index (χ1n) is 12.7. The molecule has 4 rings (SSSR count). The molecule has 1 aromatic heterocycles. The van der Waals surface area contributed by atoms with E-state index in [1.807, 2.05) is 4.90 Å². The van der Waals surface area contributed by atoms with Crippen LogP contribution in [0.2, 0.25) is 0 Å². The lowest BCUT2D eigenvalue weighted by Crippen LogP contribution is -2.45. The fourth-order valence-corrected chi connectivity index (χ4v) is 5.19. The lowest BCUT2D eigenvalue weighted by atomic mass is 9.74. The lowest BCUT2D eigenvalue weighted by molar-refractivity contribution is -0.153. The van der Waals surface area contributed by atoms with Gasteiger partial charge < -0.3 is 20.1 Å². The number of carbonyl (C=O) groups is 1. The summed E-state index contributed by atoms with van der Waals surface area (Å²) in [6, 6.07) is 6.28. The number of hydrogen-bond donors (Lipinski definition) is 2. The molecule has 1 aliphatic rings. The molecule has 210 valence electrons. The number of methoxy groups -OCH3 is 1. The zero-order valence-corrected chi connectivity index (χ0v) is 21.5. The number of aliphatic carboxylic acids is 1. The molecule has 3 aromatic rings. The van der Waals surface area contributed by atoms with E-state index in [0.717, 1.165) is 6.07 Å². The Morgan fingerprint density at radius 1 is 1.21 bits per heavy atom.